The van der Waals surface area contributed by atoms with Crippen molar-refractivity contribution >= 4 is 17.5 Å². The molecule has 8 heteroatoms. The number of aromatic nitrogens is 3. The van der Waals surface area contributed by atoms with E-state index in [2.05, 4.69) is 25.8 Å². The lowest BCUT2D eigenvalue weighted by atomic mass is 10.1. The number of hydrogen-bond acceptors (Lipinski definition) is 6. The molecule has 0 saturated heterocycles. The Morgan fingerprint density at radius 1 is 1.20 bits per heavy atom. The molecular weight excluding hydrogens is 325 g/mol. The van der Waals surface area contributed by atoms with Crippen molar-refractivity contribution in [2.45, 2.75) is 13.3 Å². The first-order chi connectivity index (χ1) is 12.1. The van der Waals surface area contributed by atoms with Gasteiger partial charge in [0.15, 0.2) is 5.82 Å². The van der Waals surface area contributed by atoms with E-state index in [1.165, 1.54) is 18.5 Å². The van der Waals surface area contributed by atoms with Gasteiger partial charge in [-0.15, -0.1) is 0 Å². The van der Waals surface area contributed by atoms with Gasteiger partial charge in [-0.1, -0.05) is 23.4 Å². The second-order valence-corrected chi connectivity index (χ2v) is 5.33. The van der Waals surface area contributed by atoms with Crippen LogP contribution in [0.4, 0.5) is 16.0 Å². The first-order valence-electron chi connectivity index (χ1n) is 7.66. The number of hydrogen-bond donors (Lipinski definition) is 2. The zero-order valence-corrected chi connectivity index (χ0v) is 13.5. The van der Waals surface area contributed by atoms with Gasteiger partial charge in [0.1, 0.15) is 23.1 Å². The largest absolute Gasteiger partial charge is 0.360 e. The lowest BCUT2D eigenvalue weighted by Gasteiger charge is -2.06. The fourth-order valence-electron chi connectivity index (χ4n) is 2.17. The quantitative estimate of drug-likeness (QED) is 0.716. The molecule has 3 rings (SSSR count). The van der Waals surface area contributed by atoms with Gasteiger partial charge in [0.2, 0.25) is 0 Å². The Bertz CT molecular complexity index is 863. The van der Waals surface area contributed by atoms with Crippen molar-refractivity contribution in [3.63, 3.8) is 0 Å². The Kier molecular flexibility index (Phi) is 4.98. The van der Waals surface area contributed by atoms with E-state index in [1.807, 2.05) is 0 Å². The molecule has 0 spiro atoms. The number of halogens is 1. The van der Waals surface area contributed by atoms with Crippen LogP contribution < -0.4 is 10.6 Å². The predicted molar refractivity (Wildman–Crippen MR) is 89.0 cm³/mol. The molecule has 0 bridgehead atoms. The minimum Gasteiger partial charge on any atom is -0.360 e. The van der Waals surface area contributed by atoms with Crippen molar-refractivity contribution < 1.29 is 13.7 Å². The topological polar surface area (TPSA) is 92.9 Å². The summed E-state index contributed by atoms with van der Waals surface area (Å²) >= 11 is 0. The first kappa shape index (κ1) is 16.6. The van der Waals surface area contributed by atoms with Crippen LogP contribution in [-0.2, 0) is 6.42 Å². The van der Waals surface area contributed by atoms with Gasteiger partial charge in [0.25, 0.3) is 5.91 Å². The fraction of sp³-hybridized carbons (Fsp3) is 0.176. The molecule has 0 aliphatic rings. The van der Waals surface area contributed by atoms with Crippen LogP contribution in [-0.4, -0.2) is 27.6 Å². The normalized spacial score (nSPS) is 10.5. The van der Waals surface area contributed by atoms with Crippen LogP contribution in [0.2, 0.25) is 0 Å². The Hall–Kier alpha value is -3.29. The van der Waals surface area contributed by atoms with Crippen LogP contribution in [0.1, 0.15) is 21.8 Å². The summed E-state index contributed by atoms with van der Waals surface area (Å²) in [6.45, 7) is 2.08. The summed E-state index contributed by atoms with van der Waals surface area (Å²) < 4.78 is 18.4. The molecule has 2 N–H and O–H groups in total. The molecule has 128 valence electrons. The third-order valence-electron chi connectivity index (χ3n) is 3.41. The zero-order valence-electron chi connectivity index (χ0n) is 13.5. The maximum atomic E-state index is 13.5. The molecule has 0 aliphatic heterocycles. The number of carbonyl (C=O) groups is 1. The molecule has 0 saturated carbocycles. The molecule has 1 amide bonds. The van der Waals surface area contributed by atoms with Gasteiger partial charge in [0.05, 0.1) is 12.4 Å². The number of aryl methyl sites for hydroxylation is 1. The molecule has 2 heterocycles. The number of nitrogens with zero attached hydrogens (tertiary/aromatic N) is 3. The summed E-state index contributed by atoms with van der Waals surface area (Å²) in [5.74, 6) is 0.967. The average Bonchev–Trinajstić information content (AvgIpc) is 3.02. The lowest BCUT2D eigenvalue weighted by molar-refractivity contribution is 0.0948. The van der Waals surface area contributed by atoms with Crippen molar-refractivity contribution in [3.05, 3.63) is 65.6 Å². The molecular formula is C17H16FN5O2. The van der Waals surface area contributed by atoms with Crippen LogP contribution in [0.15, 0.2) is 47.2 Å². The first-order valence-corrected chi connectivity index (χ1v) is 7.66. The number of amides is 1. The van der Waals surface area contributed by atoms with Gasteiger partial charge in [-0.3, -0.25) is 4.79 Å². The van der Waals surface area contributed by atoms with Crippen molar-refractivity contribution in [2.75, 3.05) is 11.9 Å². The number of nitrogens with one attached hydrogen (secondary N) is 2. The Morgan fingerprint density at radius 3 is 2.72 bits per heavy atom. The molecule has 0 atom stereocenters. The highest BCUT2D eigenvalue weighted by atomic mass is 19.1. The maximum absolute atomic E-state index is 13.5. The van der Waals surface area contributed by atoms with E-state index in [9.17, 15) is 9.18 Å². The summed E-state index contributed by atoms with van der Waals surface area (Å²) in [5.41, 5.74) is 0.728. The fourth-order valence-corrected chi connectivity index (χ4v) is 2.17. The summed E-state index contributed by atoms with van der Waals surface area (Å²) in [7, 11) is 0. The summed E-state index contributed by atoms with van der Waals surface area (Å²) in [6, 6.07) is 8.18. The van der Waals surface area contributed by atoms with Crippen molar-refractivity contribution in [3.8, 4) is 0 Å². The number of carbonyl (C=O) groups excluding carboxylic acids is 1. The predicted octanol–water partition coefficient (Wildman–Crippen LogP) is 2.63. The van der Waals surface area contributed by atoms with E-state index in [-0.39, 0.29) is 17.4 Å². The number of benzene rings is 1. The SMILES string of the molecule is Cc1cc(Nc2cnc(C(=O)NCCc3ccccc3F)cn2)no1. The monoisotopic (exact) mass is 341 g/mol. The van der Waals surface area contributed by atoms with Crippen LogP contribution in [0.25, 0.3) is 0 Å². The third-order valence-corrected chi connectivity index (χ3v) is 3.41. The highest BCUT2D eigenvalue weighted by Gasteiger charge is 2.09. The molecule has 0 fully saturated rings. The molecule has 0 radical (unpaired) electrons. The van der Waals surface area contributed by atoms with Gasteiger partial charge in [-0.2, -0.15) is 0 Å². The Labute approximate surface area is 143 Å². The van der Waals surface area contributed by atoms with Crippen LogP contribution >= 0.6 is 0 Å². The van der Waals surface area contributed by atoms with Crippen LogP contribution in [0.3, 0.4) is 0 Å². The van der Waals surface area contributed by atoms with E-state index < -0.39 is 0 Å². The van der Waals surface area contributed by atoms with Gasteiger partial charge < -0.3 is 15.2 Å². The van der Waals surface area contributed by atoms with Crippen LogP contribution in [0, 0.1) is 12.7 Å². The maximum Gasteiger partial charge on any atom is 0.271 e. The molecule has 0 unspecified atom stereocenters. The number of anilines is 2. The molecule has 2 aromatic heterocycles. The van der Waals surface area contributed by atoms with E-state index in [0.717, 1.165) is 0 Å². The van der Waals surface area contributed by atoms with E-state index in [4.69, 9.17) is 4.52 Å². The summed E-state index contributed by atoms with van der Waals surface area (Å²) in [5, 5.41) is 9.38. The highest BCUT2D eigenvalue weighted by Crippen LogP contribution is 2.13. The molecule has 0 aliphatic carbocycles. The Morgan fingerprint density at radius 2 is 2.04 bits per heavy atom. The van der Waals surface area contributed by atoms with Crippen LogP contribution in [0.5, 0.6) is 0 Å². The van der Waals surface area contributed by atoms with Gasteiger partial charge >= 0.3 is 0 Å². The van der Waals surface area contributed by atoms with E-state index in [0.29, 0.717) is 35.9 Å². The Balaban J connectivity index is 1.53. The standard InChI is InChI=1S/C17H16FN5O2/c1-11-8-15(23-25-11)22-16-10-20-14(9-21-16)17(24)19-7-6-12-4-2-3-5-13(12)18/h2-5,8-10H,6-7H2,1H3,(H,19,24)(H,21,22,23). The molecule has 25 heavy (non-hydrogen) atoms. The molecule has 7 nitrogen and oxygen atoms in total. The third kappa shape index (κ3) is 4.37. The second kappa shape index (κ2) is 7.52. The minimum atomic E-state index is -0.368. The van der Waals surface area contributed by atoms with Crippen molar-refractivity contribution in [2.24, 2.45) is 0 Å². The molecule has 1 aromatic carbocycles. The van der Waals surface area contributed by atoms with E-state index >= 15 is 0 Å². The second-order valence-electron chi connectivity index (χ2n) is 5.33. The van der Waals surface area contributed by atoms with Gasteiger partial charge in [-0.05, 0) is 25.0 Å². The molecule has 3 aromatic rings. The average molecular weight is 341 g/mol. The lowest BCUT2D eigenvalue weighted by Crippen LogP contribution is -2.26. The van der Waals surface area contributed by atoms with Crippen molar-refractivity contribution in [1.29, 1.82) is 0 Å². The van der Waals surface area contributed by atoms with E-state index in [1.54, 1.807) is 31.2 Å². The summed E-state index contributed by atoms with van der Waals surface area (Å²) in [4.78, 5) is 20.2. The smallest absolute Gasteiger partial charge is 0.271 e. The van der Waals surface area contributed by atoms with Gasteiger partial charge in [-0.25, -0.2) is 14.4 Å². The van der Waals surface area contributed by atoms with Crippen molar-refractivity contribution in [1.82, 2.24) is 20.4 Å². The van der Waals surface area contributed by atoms with Gasteiger partial charge in [0, 0.05) is 12.6 Å². The zero-order chi connectivity index (χ0) is 17.6. The summed E-state index contributed by atoms with van der Waals surface area (Å²) in [6.07, 6.45) is 3.18. The minimum absolute atomic E-state index is 0.176. The number of rotatable bonds is 6. The highest BCUT2D eigenvalue weighted by molar-refractivity contribution is 5.92.